The van der Waals surface area contributed by atoms with Crippen LogP contribution < -0.4 is 0 Å². The Morgan fingerprint density at radius 2 is 1.92 bits per heavy atom. The molecule has 0 radical (unpaired) electrons. The minimum absolute atomic E-state index is 0.0306. The quantitative estimate of drug-likeness (QED) is 0.478. The fraction of sp³-hybridized carbons (Fsp3) is 0.714. The van der Waals surface area contributed by atoms with Crippen LogP contribution >= 0.6 is 0 Å². The maximum atomic E-state index is 10.2. The zero-order valence-electron chi connectivity index (χ0n) is 7.03. The van der Waals surface area contributed by atoms with Crippen molar-refractivity contribution in [1.29, 1.82) is 0 Å². The topological polar surface area (TPSA) is 74.6 Å². The molecule has 5 heteroatoms. The molecular weight excluding hydrogens is 180 g/mol. The van der Waals surface area contributed by atoms with E-state index in [-0.39, 0.29) is 6.42 Å². The third-order valence-corrected chi connectivity index (χ3v) is 1.60. The Balaban J connectivity index is 3.92. The van der Waals surface area contributed by atoms with Crippen LogP contribution in [-0.2, 0) is 10.1 Å². The zero-order valence-corrected chi connectivity index (χ0v) is 7.85. The number of rotatable bonds is 2. The average Bonchev–Trinajstić information content (AvgIpc) is 1.76. The molecule has 0 aromatic rings. The summed E-state index contributed by atoms with van der Waals surface area (Å²) in [6.07, 6.45) is 0.0306. The van der Waals surface area contributed by atoms with Gasteiger partial charge in [0.05, 0.1) is 5.75 Å². The van der Waals surface area contributed by atoms with E-state index in [2.05, 4.69) is 11.8 Å². The largest absolute Gasteiger partial charge is 0.378 e. The molecule has 0 unspecified atom stereocenters. The Bertz CT molecular complexity index is 286. The minimum Gasteiger partial charge on any atom is -0.378 e. The van der Waals surface area contributed by atoms with E-state index in [0.29, 0.717) is 0 Å². The molecule has 0 heterocycles. The van der Waals surface area contributed by atoms with Crippen LogP contribution in [0.2, 0.25) is 0 Å². The van der Waals surface area contributed by atoms with Crippen LogP contribution in [0.1, 0.15) is 20.3 Å². The summed E-state index contributed by atoms with van der Waals surface area (Å²) in [6, 6.07) is 0. The van der Waals surface area contributed by atoms with Crippen molar-refractivity contribution in [1.82, 2.24) is 0 Å². The molecule has 0 bridgehead atoms. The third-order valence-electron chi connectivity index (χ3n) is 0.879. The molecule has 12 heavy (non-hydrogen) atoms. The van der Waals surface area contributed by atoms with E-state index in [4.69, 9.17) is 9.66 Å². The molecular formula is C7H12O4S. The van der Waals surface area contributed by atoms with Crippen molar-refractivity contribution in [3.63, 3.8) is 0 Å². The van der Waals surface area contributed by atoms with Crippen LogP contribution in [0.5, 0.6) is 0 Å². The highest BCUT2D eigenvalue weighted by Gasteiger charge is 2.06. The predicted molar refractivity (Wildman–Crippen MR) is 45.1 cm³/mol. The fourth-order valence-corrected chi connectivity index (χ4v) is 0.819. The van der Waals surface area contributed by atoms with Gasteiger partial charge < -0.3 is 5.11 Å². The first kappa shape index (κ1) is 11.4. The van der Waals surface area contributed by atoms with E-state index >= 15 is 0 Å². The lowest BCUT2D eigenvalue weighted by Crippen LogP contribution is -2.14. The summed E-state index contributed by atoms with van der Waals surface area (Å²) >= 11 is 0. The molecule has 0 aliphatic heterocycles. The van der Waals surface area contributed by atoms with Crippen molar-refractivity contribution >= 4 is 10.1 Å². The zero-order chi connectivity index (χ0) is 9.83. The number of hydrogen-bond donors (Lipinski definition) is 2. The van der Waals surface area contributed by atoms with Gasteiger partial charge in [-0.2, -0.15) is 8.42 Å². The molecule has 0 spiro atoms. The molecule has 0 aromatic carbocycles. The molecule has 4 nitrogen and oxygen atoms in total. The molecule has 0 aliphatic rings. The molecule has 0 amide bonds. The van der Waals surface area contributed by atoms with Crippen molar-refractivity contribution in [2.45, 2.75) is 25.9 Å². The first-order valence-corrected chi connectivity index (χ1v) is 4.99. The van der Waals surface area contributed by atoms with Crippen molar-refractivity contribution < 1.29 is 18.1 Å². The second-order valence-corrected chi connectivity index (χ2v) is 4.47. The first-order valence-electron chi connectivity index (χ1n) is 3.38. The third kappa shape index (κ3) is 9.43. The van der Waals surface area contributed by atoms with Crippen LogP contribution in [0.3, 0.4) is 0 Å². The number of aliphatic hydroxyl groups is 1. The van der Waals surface area contributed by atoms with Crippen LogP contribution in [0.25, 0.3) is 0 Å². The van der Waals surface area contributed by atoms with Crippen LogP contribution in [-0.4, -0.2) is 29.4 Å². The first-order chi connectivity index (χ1) is 5.21. The maximum Gasteiger partial charge on any atom is 0.265 e. The molecule has 70 valence electrons. The van der Waals surface area contributed by atoms with E-state index < -0.39 is 21.5 Å². The van der Waals surface area contributed by atoms with Gasteiger partial charge in [-0.3, -0.25) is 4.55 Å². The van der Waals surface area contributed by atoms with Gasteiger partial charge in [-0.1, -0.05) is 11.8 Å². The second kappa shape index (κ2) is 3.90. The lowest BCUT2D eigenvalue weighted by molar-refractivity contribution is 0.143. The van der Waals surface area contributed by atoms with Crippen molar-refractivity contribution in [3.8, 4) is 11.8 Å². The monoisotopic (exact) mass is 192 g/mol. The van der Waals surface area contributed by atoms with Gasteiger partial charge in [0.15, 0.2) is 0 Å². The molecule has 0 saturated carbocycles. The molecule has 0 atom stereocenters. The Kier molecular flexibility index (Phi) is 3.71. The van der Waals surface area contributed by atoms with Crippen molar-refractivity contribution in [3.05, 3.63) is 0 Å². The van der Waals surface area contributed by atoms with Gasteiger partial charge in [0.1, 0.15) is 5.60 Å². The van der Waals surface area contributed by atoms with E-state index in [1.807, 2.05) is 0 Å². The van der Waals surface area contributed by atoms with Crippen LogP contribution in [0.4, 0.5) is 0 Å². The summed E-state index contributed by atoms with van der Waals surface area (Å²) in [4.78, 5) is 0. The predicted octanol–water partition coefficient (Wildman–Crippen LogP) is 0.0386. The lowest BCUT2D eigenvalue weighted by Gasteiger charge is -2.05. The summed E-state index contributed by atoms with van der Waals surface area (Å²) in [5.41, 5.74) is -1.11. The minimum atomic E-state index is -3.93. The van der Waals surface area contributed by atoms with Gasteiger partial charge in [-0.15, -0.1) is 0 Å². The molecule has 0 aliphatic carbocycles. The van der Waals surface area contributed by atoms with Gasteiger partial charge in [0.2, 0.25) is 0 Å². The summed E-state index contributed by atoms with van der Waals surface area (Å²) in [6.45, 7) is 2.99. The van der Waals surface area contributed by atoms with Gasteiger partial charge in [0.25, 0.3) is 10.1 Å². The lowest BCUT2D eigenvalue weighted by atomic mass is 10.1. The highest BCUT2D eigenvalue weighted by Crippen LogP contribution is 1.97. The van der Waals surface area contributed by atoms with Crippen molar-refractivity contribution in [2.24, 2.45) is 0 Å². The Labute approximate surface area is 72.4 Å². The summed E-state index contributed by atoms with van der Waals surface area (Å²) in [5.74, 6) is 4.47. The van der Waals surface area contributed by atoms with E-state index in [0.717, 1.165) is 0 Å². The SMILES string of the molecule is CC(C)(O)C#CCCS(=O)(=O)O. The van der Waals surface area contributed by atoms with Gasteiger partial charge in [-0.05, 0) is 13.8 Å². The maximum absolute atomic E-state index is 10.2. The van der Waals surface area contributed by atoms with Crippen LogP contribution in [0, 0.1) is 11.8 Å². The Morgan fingerprint density at radius 1 is 1.42 bits per heavy atom. The average molecular weight is 192 g/mol. The molecule has 2 N–H and O–H groups in total. The molecule has 0 aromatic heterocycles. The molecule has 0 fully saturated rings. The van der Waals surface area contributed by atoms with E-state index in [9.17, 15) is 8.42 Å². The van der Waals surface area contributed by atoms with Crippen molar-refractivity contribution in [2.75, 3.05) is 5.75 Å². The fourth-order valence-electron chi connectivity index (χ4n) is 0.459. The normalized spacial score (nSPS) is 12.0. The van der Waals surface area contributed by atoms with Gasteiger partial charge in [0, 0.05) is 6.42 Å². The van der Waals surface area contributed by atoms with E-state index in [1.54, 1.807) is 0 Å². The second-order valence-electron chi connectivity index (χ2n) is 2.90. The molecule has 0 rings (SSSR count). The standard InChI is InChI=1S/C7H12O4S/c1-7(2,8)5-3-4-6-12(9,10)11/h8H,4,6H2,1-2H3,(H,9,10,11). The smallest absolute Gasteiger partial charge is 0.265 e. The summed E-state index contributed by atoms with van der Waals surface area (Å²) < 4.78 is 28.7. The van der Waals surface area contributed by atoms with E-state index in [1.165, 1.54) is 13.8 Å². The van der Waals surface area contributed by atoms with Gasteiger partial charge in [-0.25, -0.2) is 0 Å². The highest BCUT2D eigenvalue weighted by molar-refractivity contribution is 7.85. The van der Waals surface area contributed by atoms with Crippen LogP contribution in [0.15, 0.2) is 0 Å². The Morgan fingerprint density at radius 3 is 2.25 bits per heavy atom. The Hall–Kier alpha value is -0.570. The number of hydrogen-bond acceptors (Lipinski definition) is 3. The summed E-state index contributed by atoms with van der Waals surface area (Å²) in [5, 5.41) is 9.06. The van der Waals surface area contributed by atoms with Gasteiger partial charge >= 0.3 is 0 Å². The highest BCUT2D eigenvalue weighted by atomic mass is 32.2. The molecule has 0 saturated heterocycles. The summed E-state index contributed by atoms with van der Waals surface area (Å²) in [7, 11) is -3.93.